The first-order valence-electron chi connectivity index (χ1n) is 11.4. The predicted molar refractivity (Wildman–Crippen MR) is 134 cm³/mol. The summed E-state index contributed by atoms with van der Waals surface area (Å²) in [6.45, 7) is 2.96. The molecule has 2 heterocycles. The maximum Gasteiger partial charge on any atom is 0.227 e. The third-order valence-corrected chi connectivity index (χ3v) is 6.55. The number of aliphatic hydroxyl groups excluding tert-OH is 1. The van der Waals surface area contributed by atoms with E-state index >= 15 is 0 Å². The molecule has 0 saturated carbocycles. The van der Waals surface area contributed by atoms with E-state index in [1.54, 1.807) is 12.1 Å². The van der Waals surface area contributed by atoms with Crippen LogP contribution in [0.1, 0.15) is 23.7 Å². The summed E-state index contributed by atoms with van der Waals surface area (Å²) >= 11 is 6.17. The second kappa shape index (κ2) is 9.49. The number of aromatic nitrogens is 2. The average molecular weight is 476 g/mol. The number of hydrogen-bond donors (Lipinski definition) is 1. The highest BCUT2D eigenvalue weighted by Crippen LogP contribution is 2.34. The van der Waals surface area contributed by atoms with Crippen LogP contribution >= 0.6 is 11.6 Å². The molecule has 34 heavy (non-hydrogen) atoms. The number of fused-ring (bicyclic) bond motifs is 1. The Hall–Kier alpha value is -3.35. The third kappa shape index (κ3) is 4.39. The molecule has 7 heteroatoms. The number of amides is 1. The number of carbonyl (C=O) groups excluding carboxylic acids is 1. The van der Waals surface area contributed by atoms with Crippen LogP contribution in [0, 0.1) is 6.92 Å². The molecule has 1 aliphatic heterocycles. The van der Waals surface area contributed by atoms with Gasteiger partial charge in [-0.2, -0.15) is 0 Å². The summed E-state index contributed by atoms with van der Waals surface area (Å²) in [5.41, 5.74) is 3.78. The van der Waals surface area contributed by atoms with Crippen molar-refractivity contribution in [1.29, 1.82) is 0 Å². The molecular weight excluding hydrogens is 450 g/mol. The first-order valence-corrected chi connectivity index (χ1v) is 11.8. The predicted octanol–water partition coefficient (Wildman–Crippen LogP) is 4.96. The van der Waals surface area contributed by atoms with Gasteiger partial charge in [-0.15, -0.1) is 0 Å². The van der Waals surface area contributed by atoms with Gasteiger partial charge in [-0.25, -0.2) is 4.98 Å². The highest BCUT2D eigenvalue weighted by Gasteiger charge is 2.35. The first-order chi connectivity index (χ1) is 16.5. The fourth-order valence-corrected chi connectivity index (χ4v) is 4.78. The van der Waals surface area contributed by atoms with Crippen LogP contribution in [-0.4, -0.2) is 39.8 Å². The molecule has 4 aromatic rings. The van der Waals surface area contributed by atoms with Crippen molar-refractivity contribution >= 4 is 34.2 Å². The number of benzene rings is 3. The molecule has 1 amide bonds. The monoisotopic (exact) mass is 475 g/mol. The number of hydrogen-bond acceptors (Lipinski definition) is 4. The molecule has 5 rings (SSSR count). The van der Waals surface area contributed by atoms with Crippen LogP contribution in [-0.2, 0) is 11.3 Å². The quantitative estimate of drug-likeness (QED) is 0.410. The van der Waals surface area contributed by atoms with E-state index in [0.717, 1.165) is 28.1 Å². The molecule has 1 aromatic heterocycles. The lowest BCUT2D eigenvalue weighted by atomic mass is 10.1. The summed E-state index contributed by atoms with van der Waals surface area (Å²) < 4.78 is 7.77. The summed E-state index contributed by atoms with van der Waals surface area (Å²) in [5.74, 6) is 1.35. The van der Waals surface area contributed by atoms with Gasteiger partial charge in [-0.3, -0.25) is 4.79 Å². The molecular formula is C27H26ClN3O3. The Morgan fingerprint density at radius 3 is 2.65 bits per heavy atom. The van der Waals surface area contributed by atoms with Crippen LogP contribution in [0.25, 0.3) is 11.0 Å². The van der Waals surface area contributed by atoms with E-state index in [-0.39, 0.29) is 18.4 Å². The second-order valence-electron chi connectivity index (χ2n) is 8.66. The topological polar surface area (TPSA) is 67.6 Å². The van der Waals surface area contributed by atoms with Gasteiger partial charge in [0.15, 0.2) is 0 Å². The summed E-state index contributed by atoms with van der Waals surface area (Å²) in [6, 6.07) is 23.0. The maximum absolute atomic E-state index is 13.0. The minimum absolute atomic E-state index is 0.0730. The number of rotatable bonds is 7. The van der Waals surface area contributed by atoms with Gasteiger partial charge in [0.1, 0.15) is 24.3 Å². The average Bonchev–Trinajstić information content (AvgIpc) is 3.39. The number of halogens is 1. The van der Waals surface area contributed by atoms with Crippen molar-refractivity contribution in [3.63, 3.8) is 0 Å². The Bertz CT molecular complexity index is 1340. The molecule has 6 nitrogen and oxygen atoms in total. The molecule has 3 aromatic carbocycles. The van der Waals surface area contributed by atoms with Crippen molar-refractivity contribution in [2.24, 2.45) is 0 Å². The lowest BCUT2D eigenvalue weighted by Gasteiger charge is -2.20. The van der Waals surface area contributed by atoms with Gasteiger partial charge in [0.25, 0.3) is 0 Å². The Balaban J connectivity index is 1.40. The zero-order chi connectivity index (χ0) is 23.7. The van der Waals surface area contributed by atoms with Gasteiger partial charge in [0.05, 0.1) is 22.6 Å². The van der Waals surface area contributed by atoms with Gasteiger partial charge in [0, 0.05) is 24.6 Å². The molecule has 0 aliphatic carbocycles. The van der Waals surface area contributed by atoms with E-state index in [1.165, 1.54) is 0 Å². The van der Waals surface area contributed by atoms with E-state index in [2.05, 4.69) is 0 Å². The second-order valence-corrected chi connectivity index (χ2v) is 9.06. The van der Waals surface area contributed by atoms with Gasteiger partial charge in [0.2, 0.25) is 5.91 Å². The molecule has 0 radical (unpaired) electrons. The van der Waals surface area contributed by atoms with Crippen molar-refractivity contribution in [2.75, 3.05) is 18.1 Å². The first kappa shape index (κ1) is 22.4. The zero-order valence-corrected chi connectivity index (χ0v) is 19.7. The van der Waals surface area contributed by atoms with Crippen molar-refractivity contribution in [2.45, 2.75) is 31.9 Å². The molecule has 2 atom stereocenters. The Morgan fingerprint density at radius 1 is 1.09 bits per heavy atom. The molecule has 1 fully saturated rings. The van der Waals surface area contributed by atoms with E-state index in [0.29, 0.717) is 30.3 Å². The van der Waals surface area contributed by atoms with Crippen molar-refractivity contribution in [3.05, 3.63) is 89.2 Å². The molecule has 0 spiro atoms. The number of carbonyl (C=O) groups is 1. The number of aliphatic hydroxyl groups is 1. The smallest absolute Gasteiger partial charge is 0.227 e. The number of nitrogens with zero attached hydrogens (tertiary/aromatic N) is 3. The number of anilines is 1. The number of imidazole rings is 1. The van der Waals surface area contributed by atoms with Gasteiger partial charge < -0.3 is 19.3 Å². The van der Waals surface area contributed by atoms with Crippen LogP contribution in [0.5, 0.6) is 5.75 Å². The van der Waals surface area contributed by atoms with Crippen LogP contribution in [0.2, 0.25) is 5.02 Å². The van der Waals surface area contributed by atoms with Gasteiger partial charge in [-0.1, -0.05) is 54.1 Å². The fraction of sp³-hybridized carbons (Fsp3) is 0.259. The minimum Gasteiger partial charge on any atom is -0.489 e. The maximum atomic E-state index is 13.0. The van der Waals surface area contributed by atoms with Crippen LogP contribution < -0.4 is 9.64 Å². The summed E-state index contributed by atoms with van der Waals surface area (Å²) in [6.07, 6.45) is -0.402. The standard InChI is InChI=1S/C27H26ClN3O3/c1-18-8-2-5-11-23(18)30-15-19(14-26(30)33)27-29-22-10-4-6-12-24(22)31(27)16-20(32)17-34-25-13-7-3-9-21(25)28/h2-13,19-20,32H,14-17H2,1H3/t19-,20+/m1/s1. The summed E-state index contributed by atoms with van der Waals surface area (Å²) in [4.78, 5) is 19.7. The molecule has 0 unspecified atom stereocenters. The van der Waals surface area contributed by atoms with Crippen LogP contribution in [0.15, 0.2) is 72.8 Å². The Kier molecular flexibility index (Phi) is 6.26. The normalized spacial score (nSPS) is 16.9. The minimum atomic E-state index is -0.780. The zero-order valence-electron chi connectivity index (χ0n) is 18.9. The van der Waals surface area contributed by atoms with E-state index in [1.807, 2.05) is 77.1 Å². The molecule has 1 saturated heterocycles. The Morgan fingerprint density at radius 2 is 1.82 bits per heavy atom. The lowest BCUT2D eigenvalue weighted by Crippen LogP contribution is -2.27. The molecule has 174 valence electrons. The van der Waals surface area contributed by atoms with Crippen molar-refractivity contribution < 1.29 is 14.6 Å². The number of ether oxygens (including phenoxy) is 1. The fourth-order valence-electron chi connectivity index (χ4n) is 4.59. The third-order valence-electron chi connectivity index (χ3n) is 6.24. The van der Waals surface area contributed by atoms with Crippen molar-refractivity contribution in [3.8, 4) is 5.75 Å². The number of para-hydroxylation sites is 4. The highest BCUT2D eigenvalue weighted by atomic mass is 35.5. The molecule has 1 aliphatic rings. The van der Waals surface area contributed by atoms with E-state index < -0.39 is 6.10 Å². The SMILES string of the molecule is Cc1ccccc1N1C[C@H](c2nc3ccccc3n2C[C@H](O)COc2ccccc2Cl)CC1=O. The largest absolute Gasteiger partial charge is 0.489 e. The highest BCUT2D eigenvalue weighted by molar-refractivity contribution is 6.32. The van der Waals surface area contributed by atoms with Crippen molar-refractivity contribution in [1.82, 2.24) is 9.55 Å². The van der Waals surface area contributed by atoms with E-state index in [9.17, 15) is 9.90 Å². The van der Waals surface area contributed by atoms with Gasteiger partial charge in [-0.05, 0) is 42.8 Å². The lowest BCUT2D eigenvalue weighted by molar-refractivity contribution is -0.117. The number of aryl methyl sites for hydroxylation is 1. The summed E-state index contributed by atoms with van der Waals surface area (Å²) in [5, 5.41) is 11.3. The van der Waals surface area contributed by atoms with Gasteiger partial charge >= 0.3 is 0 Å². The van der Waals surface area contributed by atoms with Crippen LogP contribution in [0.4, 0.5) is 5.69 Å². The molecule has 0 bridgehead atoms. The molecule has 1 N–H and O–H groups in total. The Labute approximate surface area is 203 Å². The summed E-state index contributed by atoms with van der Waals surface area (Å²) in [7, 11) is 0. The van der Waals surface area contributed by atoms with Crippen LogP contribution in [0.3, 0.4) is 0 Å². The van der Waals surface area contributed by atoms with E-state index in [4.69, 9.17) is 21.3 Å².